The van der Waals surface area contributed by atoms with Gasteiger partial charge in [-0.15, -0.1) is 24.5 Å². The van der Waals surface area contributed by atoms with Crippen LogP contribution in [-0.4, -0.2) is 38.3 Å². The SMILES string of the molecule is COc1cc(C(=O)O)ccc1N(c1csc(C#Cc2ccc(F)c(OC(F)(F)F)c2)n1)S(=O)[O-]. The number of anilines is 2. The molecule has 0 saturated heterocycles. The van der Waals surface area contributed by atoms with Gasteiger partial charge in [0.1, 0.15) is 5.75 Å². The first-order valence-electron chi connectivity index (χ1n) is 8.82. The Bertz CT molecular complexity index is 1320. The van der Waals surface area contributed by atoms with Crippen molar-refractivity contribution in [3.8, 4) is 23.3 Å². The maximum Gasteiger partial charge on any atom is 0.573 e. The third-order valence-electron chi connectivity index (χ3n) is 3.97. The second-order valence-electron chi connectivity index (χ2n) is 6.16. The number of carboxylic acids is 1. The Morgan fingerprint density at radius 3 is 2.56 bits per heavy atom. The number of hydrogen-bond donors (Lipinski definition) is 1. The lowest BCUT2D eigenvalue weighted by atomic mass is 10.2. The molecular weight excluding hydrogens is 504 g/mol. The molecule has 3 aromatic rings. The predicted molar refractivity (Wildman–Crippen MR) is 112 cm³/mol. The number of carbonyl (C=O) groups is 1. The first-order chi connectivity index (χ1) is 16.0. The molecule has 3 rings (SSSR count). The predicted octanol–water partition coefficient (Wildman–Crippen LogP) is 4.22. The molecule has 0 amide bonds. The summed E-state index contributed by atoms with van der Waals surface area (Å²) in [7, 11) is 1.23. The zero-order valence-corrected chi connectivity index (χ0v) is 18.4. The van der Waals surface area contributed by atoms with E-state index >= 15 is 0 Å². The number of carboxylic acid groups (broad SMARTS) is 1. The molecule has 0 fully saturated rings. The highest BCUT2D eigenvalue weighted by Crippen LogP contribution is 2.36. The third kappa shape index (κ3) is 6.01. The number of aromatic nitrogens is 1. The highest BCUT2D eigenvalue weighted by molar-refractivity contribution is 7.81. The van der Waals surface area contributed by atoms with E-state index in [2.05, 4.69) is 21.6 Å². The van der Waals surface area contributed by atoms with Crippen molar-refractivity contribution in [3.05, 3.63) is 63.7 Å². The summed E-state index contributed by atoms with van der Waals surface area (Å²) in [5.41, 5.74) is -0.152. The molecule has 2 aromatic carbocycles. The van der Waals surface area contributed by atoms with Gasteiger partial charge in [-0.3, -0.25) is 4.21 Å². The highest BCUT2D eigenvalue weighted by Gasteiger charge is 2.32. The molecule has 34 heavy (non-hydrogen) atoms. The molecule has 0 saturated carbocycles. The minimum atomic E-state index is -5.09. The molecule has 1 heterocycles. The average Bonchev–Trinajstić information content (AvgIpc) is 3.21. The molecule has 1 atom stereocenters. The Hall–Kier alpha value is -3.67. The topological polar surface area (TPSA) is 112 Å². The molecule has 8 nitrogen and oxygen atoms in total. The van der Waals surface area contributed by atoms with Crippen LogP contribution in [0.5, 0.6) is 11.5 Å². The van der Waals surface area contributed by atoms with Crippen LogP contribution in [-0.2, 0) is 11.3 Å². The molecule has 14 heteroatoms. The number of alkyl halides is 3. The minimum Gasteiger partial charge on any atom is -0.755 e. The summed E-state index contributed by atoms with van der Waals surface area (Å²) in [5.74, 6) is 1.39. The van der Waals surface area contributed by atoms with Crippen LogP contribution in [0.4, 0.5) is 29.1 Å². The number of halogens is 4. The summed E-state index contributed by atoms with van der Waals surface area (Å²) in [4.78, 5) is 15.2. The van der Waals surface area contributed by atoms with E-state index < -0.39 is 35.2 Å². The summed E-state index contributed by atoms with van der Waals surface area (Å²) < 4.78 is 83.9. The molecule has 0 spiro atoms. The Morgan fingerprint density at radius 2 is 1.94 bits per heavy atom. The molecular formula is C20H11F4N2O6S2-. The summed E-state index contributed by atoms with van der Waals surface area (Å²) >= 11 is -1.96. The van der Waals surface area contributed by atoms with Gasteiger partial charge in [0.05, 0.1) is 29.6 Å². The average molecular weight is 515 g/mol. The van der Waals surface area contributed by atoms with Crippen molar-refractivity contribution in [1.29, 1.82) is 0 Å². The Kier molecular flexibility index (Phi) is 7.40. The van der Waals surface area contributed by atoms with E-state index in [1.54, 1.807) is 0 Å². The number of thiazole rings is 1. The van der Waals surface area contributed by atoms with Crippen LogP contribution in [0.2, 0.25) is 0 Å². The lowest BCUT2D eigenvalue weighted by Crippen LogP contribution is -2.20. The van der Waals surface area contributed by atoms with Gasteiger partial charge in [-0.1, -0.05) is 5.92 Å². The van der Waals surface area contributed by atoms with Gasteiger partial charge in [0, 0.05) is 10.9 Å². The van der Waals surface area contributed by atoms with Crippen molar-refractivity contribution >= 4 is 40.1 Å². The van der Waals surface area contributed by atoms with Crippen LogP contribution in [0.1, 0.15) is 20.9 Å². The van der Waals surface area contributed by atoms with E-state index in [0.29, 0.717) is 0 Å². The van der Waals surface area contributed by atoms with Crippen LogP contribution in [0.15, 0.2) is 41.8 Å². The number of ether oxygens (including phenoxy) is 2. The maximum absolute atomic E-state index is 13.5. The monoisotopic (exact) mass is 515 g/mol. The fraction of sp³-hybridized carbons (Fsp3) is 0.100. The summed E-state index contributed by atoms with van der Waals surface area (Å²) in [6.45, 7) is 0. The van der Waals surface area contributed by atoms with E-state index in [1.807, 2.05) is 0 Å². The number of aromatic carboxylic acids is 1. The highest BCUT2D eigenvalue weighted by atomic mass is 32.2. The van der Waals surface area contributed by atoms with Crippen LogP contribution < -0.4 is 13.8 Å². The fourth-order valence-electron chi connectivity index (χ4n) is 2.58. The van der Waals surface area contributed by atoms with Crippen molar-refractivity contribution in [1.82, 2.24) is 4.98 Å². The van der Waals surface area contributed by atoms with E-state index in [9.17, 15) is 31.1 Å². The van der Waals surface area contributed by atoms with Gasteiger partial charge in [-0.2, -0.15) is 0 Å². The molecule has 0 aliphatic heterocycles. The van der Waals surface area contributed by atoms with Crippen molar-refractivity contribution < 1.29 is 45.7 Å². The van der Waals surface area contributed by atoms with Gasteiger partial charge < -0.3 is 19.1 Å². The summed E-state index contributed by atoms with van der Waals surface area (Å²) in [5, 5.41) is 10.5. The quantitative estimate of drug-likeness (QED) is 0.297. The van der Waals surface area contributed by atoms with Gasteiger partial charge in [0.2, 0.25) is 0 Å². The molecule has 1 N–H and O–H groups in total. The summed E-state index contributed by atoms with van der Waals surface area (Å²) in [6, 6.07) is 6.20. The molecule has 1 aromatic heterocycles. The van der Waals surface area contributed by atoms with Gasteiger partial charge in [-0.25, -0.2) is 18.5 Å². The second-order valence-corrected chi connectivity index (χ2v) is 7.81. The molecule has 0 aliphatic carbocycles. The van der Waals surface area contributed by atoms with Crippen LogP contribution in [0, 0.1) is 17.7 Å². The third-order valence-corrected chi connectivity index (χ3v) is 5.39. The lowest BCUT2D eigenvalue weighted by Gasteiger charge is -2.25. The second kappa shape index (κ2) is 10.1. The molecule has 0 radical (unpaired) electrons. The fourth-order valence-corrected chi connectivity index (χ4v) is 3.84. The zero-order valence-electron chi connectivity index (χ0n) is 16.8. The molecule has 0 bridgehead atoms. The number of rotatable bonds is 6. The van der Waals surface area contributed by atoms with E-state index in [1.165, 1.54) is 24.6 Å². The van der Waals surface area contributed by atoms with Crippen molar-refractivity contribution in [2.75, 3.05) is 11.4 Å². The Morgan fingerprint density at radius 1 is 1.21 bits per heavy atom. The molecule has 0 aliphatic rings. The largest absolute Gasteiger partial charge is 0.755 e. The Balaban J connectivity index is 1.92. The van der Waals surface area contributed by atoms with E-state index in [0.717, 1.165) is 39.9 Å². The smallest absolute Gasteiger partial charge is 0.573 e. The van der Waals surface area contributed by atoms with Gasteiger partial charge >= 0.3 is 12.3 Å². The first kappa shape index (κ1) is 25.0. The van der Waals surface area contributed by atoms with Crippen LogP contribution in [0.25, 0.3) is 0 Å². The maximum atomic E-state index is 13.5. The number of benzene rings is 2. The normalized spacial score (nSPS) is 11.8. The first-order valence-corrected chi connectivity index (χ1v) is 10.7. The van der Waals surface area contributed by atoms with Gasteiger partial charge in [-0.05, 0) is 42.3 Å². The van der Waals surface area contributed by atoms with Crippen molar-refractivity contribution in [3.63, 3.8) is 0 Å². The van der Waals surface area contributed by atoms with Crippen molar-refractivity contribution in [2.24, 2.45) is 0 Å². The number of methoxy groups -OCH3 is 1. The van der Waals surface area contributed by atoms with E-state index in [4.69, 9.17) is 9.84 Å². The number of nitrogens with zero attached hydrogens (tertiary/aromatic N) is 2. The zero-order chi connectivity index (χ0) is 25.0. The van der Waals surface area contributed by atoms with Gasteiger partial charge in [0.15, 0.2) is 22.4 Å². The molecule has 1 unspecified atom stereocenters. The Labute approximate surface area is 195 Å². The summed E-state index contributed by atoms with van der Waals surface area (Å²) in [6.07, 6.45) is -5.09. The minimum absolute atomic E-state index is 0.00686. The van der Waals surface area contributed by atoms with Crippen molar-refractivity contribution in [2.45, 2.75) is 6.36 Å². The van der Waals surface area contributed by atoms with Crippen LogP contribution >= 0.6 is 11.3 Å². The van der Waals surface area contributed by atoms with Crippen LogP contribution in [0.3, 0.4) is 0 Å². The van der Waals surface area contributed by atoms with E-state index in [-0.39, 0.29) is 33.4 Å². The standard InChI is InChI=1S/C20H12F4N2O6S2/c1-31-16-9-12(19(27)28)4-6-14(16)26(34(29)30)17-10-33-18(25-17)7-3-11-2-5-13(21)15(8-11)32-20(22,23)24/h2,4-6,8-10H,1H3,(H,27,28)(H,29,30)/p-1. The lowest BCUT2D eigenvalue weighted by molar-refractivity contribution is -0.275. The van der Waals surface area contributed by atoms with Gasteiger partial charge in [0.25, 0.3) is 0 Å². The molecule has 178 valence electrons. The number of hydrogen-bond acceptors (Lipinski definition) is 7.